The van der Waals surface area contributed by atoms with Crippen LogP contribution in [0.2, 0.25) is 0 Å². The van der Waals surface area contributed by atoms with Crippen LogP contribution in [-0.4, -0.2) is 39.5 Å². The molecule has 1 fully saturated rings. The van der Waals surface area contributed by atoms with Gasteiger partial charge in [-0.1, -0.05) is 18.2 Å². The summed E-state index contributed by atoms with van der Waals surface area (Å²) in [6, 6.07) is 8.48. The minimum absolute atomic E-state index is 0.214. The number of likely N-dealkylation sites (tertiary alicyclic amines) is 1. The first kappa shape index (κ1) is 14.5. The molecule has 22 heavy (non-hydrogen) atoms. The second-order valence-corrected chi connectivity index (χ2v) is 5.68. The average Bonchev–Trinajstić information content (AvgIpc) is 2.53. The van der Waals surface area contributed by atoms with Crippen molar-refractivity contribution in [3.8, 4) is 0 Å². The van der Waals surface area contributed by atoms with Crippen LogP contribution in [0.15, 0.2) is 30.3 Å². The number of aliphatic carboxylic acids is 1. The van der Waals surface area contributed by atoms with Gasteiger partial charge in [-0.2, -0.15) is 0 Å². The number of hydrogen-bond acceptors (Lipinski definition) is 3. The molecular formula is C17H18N2O3. The highest BCUT2D eigenvalue weighted by Crippen LogP contribution is 2.24. The number of hydrogen-bond donors (Lipinski definition) is 1. The highest BCUT2D eigenvalue weighted by Gasteiger charge is 2.33. The van der Waals surface area contributed by atoms with Crippen molar-refractivity contribution in [1.29, 1.82) is 0 Å². The number of rotatable bonds is 2. The van der Waals surface area contributed by atoms with E-state index >= 15 is 0 Å². The van der Waals surface area contributed by atoms with Crippen LogP contribution in [0, 0.1) is 6.92 Å². The van der Waals surface area contributed by atoms with Crippen molar-refractivity contribution in [3.05, 3.63) is 41.6 Å². The normalized spacial score (nSPS) is 18.4. The third-order valence-electron chi connectivity index (χ3n) is 4.12. The van der Waals surface area contributed by atoms with Crippen LogP contribution in [-0.2, 0) is 4.79 Å². The van der Waals surface area contributed by atoms with E-state index in [1.165, 1.54) is 4.90 Å². The third kappa shape index (κ3) is 2.54. The van der Waals surface area contributed by atoms with Crippen LogP contribution < -0.4 is 0 Å². The molecule has 0 aliphatic carbocycles. The van der Waals surface area contributed by atoms with Crippen LogP contribution in [0.1, 0.15) is 35.3 Å². The third-order valence-corrected chi connectivity index (χ3v) is 4.12. The molecule has 0 bridgehead atoms. The van der Waals surface area contributed by atoms with Gasteiger partial charge in [0, 0.05) is 17.6 Å². The Morgan fingerprint density at radius 1 is 1.27 bits per heavy atom. The van der Waals surface area contributed by atoms with Crippen molar-refractivity contribution >= 4 is 22.8 Å². The predicted octanol–water partition coefficient (Wildman–Crippen LogP) is 2.62. The molecule has 2 heterocycles. The Balaban J connectivity index is 2.06. The van der Waals surface area contributed by atoms with Gasteiger partial charge in [0.2, 0.25) is 0 Å². The van der Waals surface area contributed by atoms with Gasteiger partial charge >= 0.3 is 5.97 Å². The monoisotopic (exact) mass is 298 g/mol. The number of carboxylic acid groups (broad SMARTS) is 1. The van der Waals surface area contributed by atoms with Crippen molar-refractivity contribution in [2.45, 2.75) is 32.2 Å². The van der Waals surface area contributed by atoms with Crippen LogP contribution in [0.4, 0.5) is 0 Å². The summed E-state index contributed by atoms with van der Waals surface area (Å²) in [5.74, 6) is -1.14. The number of aromatic nitrogens is 1. The van der Waals surface area contributed by atoms with Crippen molar-refractivity contribution in [3.63, 3.8) is 0 Å². The minimum Gasteiger partial charge on any atom is -0.480 e. The number of benzene rings is 1. The van der Waals surface area contributed by atoms with Gasteiger partial charge in [0.05, 0.1) is 11.1 Å². The topological polar surface area (TPSA) is 70.5 Å². The SMILES string of the molecule is Cc1cc(C(=O)N2CCCCC2C(=O)O)c2ccccc2n1. The molecule has 1 unspecified atom stereocenters. The predicted molar refractivity (Wildman–Crippen MR) is 82.8 cm³/mol. The lowest BCUT2D eigenvalue weighted by molar-refractivity contribution is -0.143. The van der Waals surface area contributed by atoms with E-state index in [0.717, 1.165) is 29.4 Å². The second kappa shape index (κ2) is 5.75. The molecule has 5 nitrogen and oxygen atoms in total. The molecule has 1 aliphatic heterocycles. The summed E-state index contributed by atoms with van der Waals surface area (Å²) < 4.78 is 0. The summed E-state index contributed by atoms with van der Waals surface area (Å²) in [7, 11) is 0. The van der Waals surface area contributed by atoms with E-state index in [1.54, 1.807) is 6.07 Å². The molecule has 1 aromatic carbocycles. The molecule has 1 saturated heterocycles. The van der Waals surface area contributed by atoms with Crippen LogP contribution >= 0.6 is 0 Å². The second-order valence-electron chi connectivity index (χ2n) is 5.68. The summed E-state index contributed by atoms with van der Waals surface area (Å²) in [6.07, 6.45) is 2.21. The van der Waals surface area contributed by atoms with Crippen LogP contribution in [0.5, 0.6) is 0 Å². The van der Waals surface area contributed by atoms with E-state index in [1.807, 2.05) is 31.2 Å². The Labute approximate surface area is 128 Å². The maximum Gasteiger partial charge on any atom is 0.326 e. The van der Waals surface area contributed by atoms with Gasteiger partial charge in [0.25, 0.3) is 5.91 Å². The molecule has 1 amide bonds. The Hall–Kier alpha value is -2.43. The molecule has 1 aromatic heterocycles. The first-order valence-electron chi connectivity index (χ1n) is 7.48. The number of piperidine rings is 1. The van der Waals surface area contributed by atoms with E-state index in [9.17, 15) is 14.7 Å². The number of carbonyl (C=O) groups excluding carboxylic acids is 1. The number of aryl methyl sites for hydroxylation is 1. The zero-order valence-corrected chi connectivity index (χ0v) is 12.5. The standard InChI is InChI=1S/C17H18N2O3/c1-11-10-13(12-6-2-3-7-14(12)18-11)16(20)19-9-5-4-8-15(19)17(21)22/h2-3,6-7,10,15H,4-5,8-9H2,1H3,(H,21,22). The summed E-state index contributed by atoms with van der Waals surface area (Å²) in [5.41, 5.74) is 2.05. The summed E-state index contributed by atoms with van der Waals surface area (Å²) in [6.45, 7) is 2.33. The minimum atomic E-state index is -0.928. The van der Waals surface area contributed by atoms with Gasteiger partial charge in [-0.3, -0.25) is 9.78 Å². The summed E-state index contributed by atoms with van der Waals surface area (Å²) in [4.78, 5) is 30.3. The first-order valence-corrected chi connectivity index (χ1v) is 7.48. The zero-order chi connectivity index (χ0) is 15.7. The largest absolute Gasteiger partial charge is 0.480 e. The first-order chi connectivity index (χ1) is 10.6. The van der Waals surface area contributed by atoms with Gasteiger partial charge in [0.1, 0.15) is 6.04 Å². The molecule has 2 aromatic rings. The number of pyridine rings is 1. The lowest BCUT2D eigenvalue weighted by Crippen LogP contribution is -2.48. The summed E-state index contributed by atoms with van der Waals surface area (Å²) >= 11 is 0. The number of carboxylic acids is 1. The fourth-order valence-corrected chi connectivity index (χ4v) is 3.07. The Kier molecular flexibility index (Phi) is 3.79. The van der Waals surface area contributed by atoms with Crippen molar-refractivity contribution in [1.82, 2.24) is 9.88 Å². The van der Waals surface area contributed by atoms with Crippen molar-refractivity contribution < 1.29 is 14.7 Å². The van der Waals surface area contributed by atoms with Gasteiger partial charge in [-0.25, -0.2) is 4.79 Å². The molecule has 3 rings (SSSR count). The Bertz CT molecular complexity index is 742. The highest BCUT2D eigenvalue weighted by atomic mass is 16.4. The van der Waals surface area contributed by atoms with E-state index < -0.39 is 12.0 Å². The fraction of sp³-hybridized carbons (Fsp3) is 0.353. The van der Waals surface area contributed by atoms with Crippen LogP contribution in [0.25, 0.3) is 10.9 Å². The molecule has 1 aliphatic rings. The number of nitrogens with zero attached hydrogens (tertiary/aromatic N) is 2. The molecular weight excluding hydrogens is 280 g/mol. The van der Waals surface area contributed by atoms with Gasteiger partial charge < -0.3 is 10.0 Å². The Morgan fingerprint density at radius 2 is 2.05 bits per heavy atom. The maximum absolute atomic E-state index is 12.9. The zero-order valence-electron chi connectivity index (χ0n) is 12.5. The molecule has 0 radical (unpaired) electrons. The number of fused-ring (bicyclic) bond motifs is 1. The molecule has 0 saturated carbocycles. The number of amides is 1. The molecule has 0 spiro atoms. The smallest absolute Gasteiger partial charge is 0.326 e. The van der Waals surface area contributed by atoms with Gasteiger partial charge in [-0.15, -0.1) is 0 Å². The molecule has 1 atom stereocenters. The van der Waals surface area contributed by atoms with E-state index in [0.29, 0.717) is 18.5 Å². The van der Waals surface area contributed by atoms with E-state index in [-0.39, 0.29) is 5.91 Å². The quantitative estimate of drug-likeness (QED) is 0.925. The van der Waals surface area contributed by atoms with E-state index in [4.69, 9.17) is 0 Å². The van der Waals surface area contributed by atoms with Crippen molar-refractivity contribution in [2.24, 2.45) is 0 Å². The molecule has 1 N–H and O–H groups in total. The summed E-state index contributed by atoms with van der Waals surface area (Å²) in [5, 5.41) is 10.1. The molecule has 114 valence electrons. The Morgan fingerprint density at radius 3 is 2.82 bits per heavy atom. The maximum atomic E-state index is 12.9. The van der Waals surface area contributed by atoms with Gasteiger partial charge in [-0.05, 0) is 38.3 Å². The average molecular weight is 298 g/mol. The van der Waals surface area contributed by atoms with Crippen molar-refractivity contribution in [2.75, 3.05) is 6.54 Å². The van der Waals surface area contributed by atoms with Gasteiger partial charge in [0.15, 0.2) is 0 Å². The number of carbonyl (C=O) groups is 2. The van der Waals surface area contributed by atoms with E-state index in [2.05, 4.69) is 4.98 Å². The lowest BCUT2D eigenvalue weighted by Gasteiger charge is -2.33. The number of para-hydroxylation sites is 1. The highest BCUT2D eigenvalue weighted by molar-refractivity contribution is 6.07. The van der Waals surface area contributed by atoms with Crippen LogP contribution in [0.3, 0.4) is 0 Å². The lowest BCUT2D eigenvalue weighted by atomic mass is 9.99. The molecule has 5 heteroatoms. The fourth-order valence-electron chi connectivity index (χ4n) is 3.07.